The van der Waals surface area contributed by atoms with Crippen molar-refractivity contribution in [2.24, 2.45) is 5.14 Å². The molecule has 2 atom stereocenters. The summed E-state index contributed by atoms with van der Waals surface area (Å²) in [6, 6.07) is -0.118. The highest BCUT2D eigenvalue weighted by Crippen LogP contribution is 2.31. The number of amides is 3. The second kappa shape index (κ2) is 5.69. The van der Waals surface area contributed by atoms with Gasteiger partial charge in [0.15, 0.2) is 0 Å². The van der Waals surface area contributed by atoms with E-state index >= 15 is 0 Å². The molecule has 2 fully saturated rings. The van der Waals surface area contributed by atoms with E-state index in [2.05, 4.69) is 4.72 Å². The van der Waals surface area contributed by atoms with E-state index in [9.17, 15) is 9.59 Å². The number of piperazine rings is 1. The van der Waals surface area contributed by atoms with E-state index in [1.54, 1.807) is 9.80 Å². The van der Waals surface area contributed by atoms with Gasteiger partial charge in [-0.25, -0.2) is 9.59 Å². The van der Waals surface area contributed by atoms with Crippen LogP contribution in [0.25, 0.3) is 0 Å². The van der Waals surface area contributed by atoms with Gasteiger partial charge in [-0.2, -0.15) is 0 Å². The molecule has 2 heterocycles. The number of nitrogens with zero attached hydrogens (tertiary/aromatic N) is 2. The van der Waals surface area contributed by atoms with E-state index in [4.69, 9.17) is 9.88 Å². The normalized spacial score (nSPS) is 25.6. The Balaban J connectivity index is 2.00. The summed E-state index contributed by atoms with van der Waals surface area (Å²) in [6.07, 6.45) is 1.53. The van der Waals surface area contributed by atoms with Crippen LogP contribution in [-0.2, 0) is 4.74 Å². The molecular weight excluding hydrogens is 280 g/mol. The van der Waals surface area contributed by atoms with Crippen molar-refractivity contribution in [3.63, 3.8) is 0 Å². The first-order valence-corrected chi connectivity index (χ1v) is 7.62. The van der Waals surface area contributed by atoms with Crippen LogP contribution in [0.1, 0.15) is 33.6 Å². The van der Waals surface area contributed by atoms with Gasteiger partial charge < -0.3 is 9.64 Å². The van der Waals surface area contributed by atoms with Gasteiger partial charge in [0.05, 0.1) is 12.1 Å². The lowest BCUT2D eigenvalue weighted by Crippen LogP contribution is -2.59. The molecule has 8 heteroatoms. The van der Waals surface area contributed by atoms with E-state index in [1.165, 1.54) is 0 Å². The van der Waals surface area contributed by atoms with Gasteiger partial charge in [0, 0.05) is 25.2 Å². The minimum absolute atomic E-state index is 0.0390. The third kappa shape index (κ3) is 3.29. The zero-order valence-corrected chi connectivity index (χ0v) is 12.9. The molecule has 3 amide bonds. The Morgan fingerprint density at radius 2 is 1.80 bits per heavy atom. The molecule has 0 spiro atoms. The molecule has 114 valence electrons. The number of urea groups is 1. The highest BCUT2D eigenvalue weighted by atomic mass is 32.2. The minimum atomic E-state index is -0.499. The van der Waals surface area contributed by atoms with E-state index in [-0.39, 0.29) is 24.2 Å². The number of likely N-dealkylation sites (tertiary alicyclic amines) is 1. The maximum Gasteiger partial charge on any atom is 0.410 e. The van der Waals surface area contributed by atoms with Gasteiger partial charge in [-0.3, -0.25) is 14.8 Å². The number of rotatable bonds is 1. The first kappa shape index (κ1) is 15.2. The topological polar surface area (TPSA) is 87.9 Å². The quantitative estimate of drug-likeness (QED) is 0.713. The molecule has 2 unspecified atom stereocenters. The fraction of sp³-hybridized carbons (Fsp3) is 0.833. The largest absolute Gasteiger partial charge is 0.444 e. The number of hydrogen-bond acceptors (Lipinski definition) is 5. The standard InChI is InChI=1S/C12H22N4O3S/c1-12(2,3)19-11(18)16-8-4-5-9(16)7-15(6-8)10(17)14-20-13/h8-9H,4-7,13H2,1-3H3,(H,14,17). The summed E-state index contributed by atoms with van der Waals surface area (Å²) in [6.45, 7) is 6.63. The van der Waals surface area contributed by atoms with Crippen LogP contribution in [0, 0.1) is 0 Å². The number of fused-ring (bicyclic) bond motifs is 2. The Morgan fingerprint density at radius 1 is 1.25 bits per heavy atom. The second-order valence-electron chi connectivity index (χ2n) is 6.20. The van der Waals surface area contributed by atoms with Gasteiger partial charge in [0.25, 0.3) is 0 Å². The first-order valence-electron chi connectivity index (χ1n) is 6.74. The summed E-state index contributed by atoms with van der Waals surface area (Å²) in [4.78, 5) is 27.5. The molecule has 2 aliphatic rings. The van der Waals surface area contributed by atoms with Gasteiger partial charge in [-0.15, -0.1) is 0 Å². The predicted molar refractivity (Wildman–Crippen MR) is 76.8 cm³/mol. The lowest BCUT2D eigenvalue weighted by atomic mass is 10.2. The summed E-state index contributed by atoms with van der Waals surface area (Å²) in [7, 11) is 0. The molecule has 0 aliphatic carbocycles. The molecule has 20 heavy (non-hydrogen) atoms. The molecule has 0 aromatic heterocycles. The summed E-state index contributed by atoms with van der Waals surface area (Å²) >= 11 is 0.795. The van der Waals surface area contributed by atoms with Crippen molar-refractivity contribution < 1.29 is 14.3 Å². The monoisotopic (exact) mass is 302 g/mol. The minimum Gasteiger partial charge on any atom is -0.444 e. The van der Waals surface area contributed by atoms with Crippen molar-refractivity contribution in [1.29, 1.82) is 0 Å². The Hall–Kier alpha value is -1.15. The molecule has 7 nitrogen and oxygen atoms in total. The van der Waals surface area contributed by atoms with Crippen LogP contribution in [0.15, 0.2) is 0 Å². The zero-order chi connectivity index (χ0) is 14.9. The molecule has 0 saturated carbocycles. The summed E-state index contributed by atoms with van der Waals surface area (Å²) in [5.41, 5.74) is -0.499. The smallest absolute Gasteiger partial charge is 0.410 e. The average Bonchev–Trinajstić information content (AvgIpc) is 2.58. The number of nitrogens with two attached hydrogens (primary N) is 1. The Kier molecular flexibility index (Phi) is 4.33. The fourth-order valence-corrected chi connectivity index (χ4v) is 3.03. The predicted octanol–water partition coefficient (Wildman–Crippen LogP) is 1.30. The van der Waals surface area contributed by atoms with E-state index in [0.717, 1.165) is 25.0 Å². The highest BCUT2D eigenvalue weighted by molar-refractivity contribution is 7.95. The molecular formula is C12H22N4O3S. The van der Waals surface area contributed by atoms with Crippen LogP contribution in [0.2, 0.25) is 0 Å². The third-order valence-electron chi connectivity index (χ3n) is 3.52. The van der Waals surface area contributed by atoms with Crippen molar-refractivity contribution in [3.05, 3.63) is 0 Å². The molecule has 2 aliphatic heterocycles. The van der Waals surface area contributed by atoms with Gasteiger partial charge in [-0.1, -0.05) is 0 Å². The number of carbonyl (C=O) groups excluding carboxylic acids is 2. The van der Waals surface area contributed by atoms with E-state index < -0.39 is 5.60 Å². The van der Waals surface area contributed by atoms with E-state index in [0.29, 0.717) is 13.1 Å². The summed E-state index contributed by atoms with van der Waals surface area (Å²) in [5, 5.41) is 5.24. The Morgan fingerprint density at radius 3 is 2.25 bits per heavy atom. The summed E-state index contributed by atoms with van der Waals surface area (Å²) < 4.78 is 7.96. The van der Waals surface area contributed by atoms with Crippen LogP contribution in [0.3, 0.4) is 0 Å². The van der Waals surface area contributed by atoms with Crippen LogP contribution < -0.4 is 9.86 Å². The number of carbonyl (C=O) groups is 2. The van der Waals surface area contributed by atoms with Crippen molar-refractivity contribution >= 4 is 24.3 Å². The van der Waals surface area contributed by atoms with Crippen molar-refractivity contribution in [2.75, 3.05) is 13.1 Å². The maximum absolute atomic E-state index is 12.2. The molecule has 0 aromatic rings. The van der Waals surface area contributed by atoms with Gasteiger partial charge in [-0.05, 0) is 33.6 Å². The van der Waals surface area contributed by atoms with Gasteiger partial charge >= 0.3 is 12.1 Å². The number of hydrogen-bond donors (Lipinski definition) is 2. The Labute approximate surface area is 123 Å². The third-order valence-corrected chi connectivity index (χ3v) is 3.81. The van der Waals surface area contributed by atoms with Crippen LogP contribution in [0.4, 0.5) is 9.59 Å². The highest BCUT2D eigenvalue weighted by Gasteiger charge is 2.45. The number of nitrogens with one attached hydrogen (secondary N) is 1. The zero-order valence-electron chi connectivity index (χ0n) is 12.1. The molecule has 0 radical (unpaired) electrons. The fourth-order valence-electron chi connectivity index (χ4n) is 2.80. The van der Waals surface area contributed by atoms with Crippen molar-refractivity contribution in [3.8, 4) is 0 Å². The molecule has 2 saturated heterocycles. The molecule has 3 N–H and O–H groups in total. The van der Waals surface area contributed by atoms with Crippen molar-refractivity contribution in [2.45, 2.75) is 51.3 Å². The second-order valence-corrected chi connectivity index (χ2v) is 6.64. The average molecular weight is 302 g/mol. The van der Waals surface area contributed by atoms with Gasteiger partial charge in [0.1, 0.15) is 5.60 Å². The molecule has 2 rings (SSSR count). The number of ether oxygens (including phenoxy) is 1. The molecule has 2 bridgehead atoms. The van der Waals surface area contributed by atoms with Crippen LogP contribution in [-0.4, -0.2) is 52.7 Å². The van der Waals surface area contributed by atoms with E-state index in [1.807, 2.05) is 20.8 Å². The van der Waals surface area contributed by atoms with Crippen molar-refractivity contribution in [1.82, 2.24) is 14.5 Å². The lowest BCUT2D eigenvalue weighted by Gasteiger charge is -2.41. The molecule has 0 aromatic carbocycles. The van der Waals surface area contributed by atoms with Crippen LogP contribution in [0.5, 0.6) is 0 Å². The summed E-state index contributed by atoms with van der Waals surface area (Å²) in [5.74, 6) is 0. The maximum atomic E-state index is 12.2. The first-order chi connectivity index (χ1) is 9.31. The van der Waals surface area contributed by atoms with Gasteiger partial charge in [0.2, 0.25) is 0 Å². The van der Waals surface area contributed by atoms with Crippen LogP contribution >= 0.6 is 12.1 Å². The Bertz CT molecular complexity index is 385. The lowest BCUT2D eigenvalue weighted by molar-refractivity contribution is 0.000381. The SMILES string of the molecule is CC(C)(C)OC(=O)N1C2CCC1CN(C(=O)NSN)C2.